The van der Waals surface area contributed by atoms with Crippen molar-refractivity contribution < 1.29 is 13.5 Å². The largest absolute Gasteiger partial charge is 0.491 e. The molecule has 0 N–H and O–H groups in total. The van der Waals surface area contributed by atoms with Crippen LogP contribution < -0.4 is 4.74 Å². The van der Waals surface area contributed by atoms with E-state index >= 15 is 0 Å². The van der Waals surface area contributed by atoms with Crippen LogP contribution in [0.15, 0.2) is 23.8 Å². The highest BCUT2D eigenvalue weighted by atomic mass is 19.2. The van der Waals surface area contributed by atoms with Crippen LogP contribution in [0.1, 0.15) is 70.3 Å². The van der Waals surface area contributed by atoms with Gasteiger partial charge in [-0.3, -0.25) is 0 Å². The third-order valence-electron chi connectivity index (χ3n) is 7.25. The molecule has 3 atom stereocenters. The zero-order valence-corrected chi connectivity index (χ0v) is 15.9. The smallest absolute Gasteiger partial charge is 0.200 e. The number of allylic oxidation sites excluding steroid dienone is 2. The summed E-state index contributed by atoms with van der Waals surface area (Å²) in [7, 11) is 0. The molecular formula is C23H30F2O. The van der Waals surface area contributed by atoms with Gasteiger partial charge in [-0.25, -0.2) is 4.39 Å². The minimum Gasteiger partial charge on any atom is -0.491 e. The fraction of sp³-hybridized carbons (Fsp3) is 0.652. The zero-order valence-electron chi connectivity index (χ0n) is 15.9. The summed E-state index contributed by atoms with van der Waals surface area (Å²) in [5.74, 6) is 1.85. The van der Waals surface area contributed by atoms with E-state index in [1.165, 1.54) is 19.3 Å². The Morgan fingerprint density at radius 2 is 1.69 bits per heavy atom. The molecule has 0 radical (unpaired) electrons. The van der Waals surface area contributed by atoms with Crippen LogP contribution in [0.25, 0.3) is 0 Å². The Morgan fingerprint density at radius 1 is 0.962 bits per heavy atom. The Kier molecular flexibility index (Phi) is 5.07. The second kappa shape index (κ2) is 7.32. The first-order chi connectivity index (χ1) is 12.6. The summed E-state index contributed by atoms with van der Waals surface area (Å²) in [4.78, 5) is 0. The Morgan fingerprint density at radius 3 is 2.42 bits per heavy atom. The van der Waals surface area contributed by atoms with E-state index in [4.69, 9.17) is 4.74 Å². The summed E-state index contributed by atoms with van der Waals surface area (Å²) in [5.41, 5.74) is 2.24. The predicted octanol–water partition coefficient (Wildman–Crippen LogP) is 6.63. The highest BCUT2D eigenvalue weighted by Gasteiger charge is 2.41. The maximum Gasteiger partial charge on any atom is 0.200 e. The third-order valence-corrected chi connectivity index (χ3v) is 7.25. The molecule has 0 aliphatic heterocycles. The fourth-order valence-electron chi connectivity index (χ4n) is 5.84. The molecule has 2 saturated carbocycles. The summed E-state index contributed by atoms with van der Waals surface area (Å²) in [6, 6.07) is 3.32. The fourth-order valence-corrected chi connectivity index (χ4v) is 5.84. The molecule has 3 aliphatic carbocycles. The van der Waals surface area contributed by atoms with E-state index in [0.717, 1.165) is 43.4 Å². The van der Waals surface area contributed by atoms with Crippen LogP contribution in [0.4, 0.5) is 8.78 Å². The molecule has 0 aromatic heterocycles. The summed E-state index contributed by atoms with van der Waals surface area (Å²) >= 11 is 0. The molecule has 0 heterocycles. The van der Waals surface area contributed by atoms with Crippen molar-refractivity contribution in [1.29, 1.82) is 0 Å². The molecule has 1 nitrogen and oxygen atoms in total. The van der Waals surface area contributed by atoms with Crippen LogP contribution in [0.3, 0.4) is 0 Å². The lowest BCUT2D eigenvalue weighted by molar-refractivity contribution is 0.304. The van der Waals surface area contributed by atoms with E-state index in [1.807, 2.05) is 0 Å². The monoisotopic (exact) mass is 360 g/mol. The number of benzene rings is 1. The number of hydrogen-bond donors (Lipinski definition) is 0. The first-order valence-electron chi connectivity index (χ1n) is 10.4. The van der Waals surface area contributed by atoms with Gasteiger partial charge in [0, 0.05) is 0 Å². The van der Waals surface area contributed by atoms with E-state index in [-0.39, 0.29) is 11.7 Å². The molecule has 0 bridgehead atoms. The van der Waals surface area contributed by atoms with Crippen LogP contribution in [0.2, 0.25) is 0 Å². The normalized spacial score (nSPS) is 33.8. The maximum atomic E-state index is 14.5. The quantitative estimate of drug-likeness (QED) is 0.548. The summed E-state index contributed by atoms with van der Waals surface area (Å²) in [5, 5.41) is 0. The molecule has 0 spiro atoms. The van der Waals surface area contributed by atoms with E-state index in [9.17, 15) is 8.78 Å². The highest BCUT2D eigenvalue weighted by Crippen LogP contribution is 2.52. The van der Waals surface area contributed by atoms with Gasteiger partial charge in [0.25, 0.3) is 0 Å². The average molecular weight is 360 g/mol. The molecule has 2 fully saturated rings. The first kappa shape index (κ1) is 18.0. The van der Waals surface area contributed by atoms with E-state index < -0.39 is 11.6 Å². The molecule has 4 rings (SSSR count). The van der Waals surface area contributed by atoms with Crippen molar-refractivity contribution in [2.45, 2.75) is 64.7 Å². The van der Waals surface area contributed by atoms with Gasteiger partial charge in [-0.15, -0.1) is 0 Å². The van der Waals surface area contributed by atoms with Crippen LogP contribution in [-0.2, 0) is 0 Å². The number of fused-ring (bicyclic) bond motifs is 1. The molecular weight excluding hydrogens is 330 g/mol. The summed E-state index contributed by atoms with van der Waals surface area (Å²) < 4.78 is 33.9. The first-order valence-corrected chi connectivity index (χ1v) is 10.4. The van der Waals surface area contributed by atoms with Crippen LogP contribution in [0.5, 0.6) is 5.75 Å². The van der Waals surface area contributed by atoms with Gasteiger partial charge in [0.1, 0.15) is 0 Å². The van der Waals surface area contributed by atoms with Gasteiger partial charge in [0.15, 0.2) is 11.6 Å². The topological polar surface area (TPSA) is 9.23 Å². The molecule has 26 heavy (non-hydrogen) atoms. The van der Waals surface area contributed by atoms with Crippen molar-refractivity contribution in [3.63, 3.8) is 0 Å². The van der Waals surface area contributed by atoms with Gasteiger partial charge in [0.05, 0.1) is 6.61 Å². The molecule has 1 aromatic carbocycles. The Labute approximate surface area is 155 Å². The molecule has 3 heteroatoms. The van der Waals surface area contributed by atoms with Gasteiger partial charge in [0.2, 0.25) is 5.82 Å². The minimum atomic E-state index is -0.826. The second-order valence-corrected chi connectivity index (χ2v) is 8.53. The Hall–Kier alpha value is -1.38. The van der Waals surface area contributed by atoms with Crippen molar-refractivity contribution in [3.05, 3.63) is 41.0 Å². The lowest BCUT2D eigenvalue weighted by atomic mass is 9.73. The number of hydrogen-bond acceptors (Lipinski definition) is 1. The van der Waals surface area contributed by atoms with Crippen molar-refractivity contribution in [2.75, 3.05) is 6.61 Å². The van der Waals surface area contributed by atoms with Gasteiger partial charge in [-0.05, 0) is 93.1 Å². The molecule has 3 aliphatic rings. The van der Waals surface area contributed by atoms with Gasteiger partial charge < -0.3 is 4.74 Å². The lowest BCUT2D eigenvalue weighted by Gasteiger charge is -2.32. The van der Waals surface area contributed by atoms with Gasteiger partial charge in [-0.1, -0.05) is 24.6 Å². The van der Waals surface area contributed by atoms with Crippen molar-refractivity contribution in [3.8, 4) is 5.75 Å². The van der Waals surface area contributed by atoms with Gasteiger partial charge >= 0.3 is 0 Å². The van der Waals surface area contributed by atoms with E-state index in [2.05, 4.69) is 13.0 Å². The lowest BCUT2D eigenvalue weighted by Crippen LogP contribution is -2.20. The second-order valence-electron chi connectivity index (χ2n) is 8.53. The van der Waals surface area contributed by atoms with Crippen LogP contribution in [-0.4, -0.2) is 6.61 Å². The number of ether oxygens (including phenoxy) is 1. The molecule has 0 amide bonds. The third kappa shape index (κ3) is 3.08. The Balaban J connectivity index is 1.42. The minimum absolute atomic E-state index is 0.0277. The zero-order chi connectivity index (χ0) is 18.3. The van der Waals surface area contributed by atoms with E-state index in [0.29, 0.717) is 18.1 Å². The van der Waals surface area contributed by atoms with Crippen LogP contribution in [0, 0.1) is 35.3 Å². The molecule has 3 unspecified atom stereocenters. The van der Waals surface area contributed by atoms with Crippen molar-refractivity contribution in [2.24, 2.45) is 23.7 Å². The summed E-state index contributed by atoms with van der Waals surface area (Å²) in [6.07, 6.45) is 10.7. The SMILES string of the molecule is CCOc1ccc(C2CCC(C3=CCC4C(C)CCC34)CC2)c(F)c1F. The highest BCUT2D eigenvalue weighted by molar-refractivity contribution is 5.33. The average Bonchev–Trinajstić information content (AvgIpc) is 3.23. The van der Waals surface area contributed by atoms with E-state index in [1.54, 1.807) is 24.6 Å². The van der Waals surface area contributed by atoms with Gasteiger partial charge in [-0.2, -0.15) is 4.39 Å². The van der Waals surface area contributed by atoms with Crippen LogP contribution >= 0.6 is 0 Å². The van der Waals surface area contributed by atoms with Crippen molar-refractivity contribution >= 4 is 0 Å². The molecule has 1 aromatic rings. The molecule has 0 saturated heterocycles. The number of rotatable bonds is 4. The standard InChI is InChI=1S/C23H30F2O/c1-3-26-21-13-12-19(22(24)23(21)25)16-7-5-15(6-8-16)18-11-10-17-14(2)4-9-20(17)18/h11-17,20H,3-10H2,1-2H3. The molecule has 142 valence electrons. The van der Waals surface area contributed by atoms with Crippen molar-refractivity contribution in [1.82, 2.24) is 0 Å². The predicted molar refractivity (Wildman–Crippen MR) is 100 cm³/mol. The maximum absolute atomic E-state index is 14.5. The Bertz CT molecular complexity index is 688. The number of halogens is 2. The summed E-state index contributed by atoms with van der Waals surface area (Å²) in [6.45, 7) is 4.53.